The Hall–Kier alpha value is -1.55. The maximum absolute atomic E-state index is 11.6. The van der Waals surface area contributed by atoms with E-state index in [1.165, 1.54) is 0 Å². The van der Waals surface area contributed by atoms with Gasteiger partial charge in [-0.25, -0.2) is 0 Å². The second kappa shape index (κ2) is 7.79. The molecule has 0 fully saturated rings. The van der Waals surface area contributed by atoms with Crippen molar-refractivity contribution in [2.24, 2.45) is 5.73 Å². The van der Waals surface area contributed by atoms with Crippen LogP contribution < -0.4 is 11.1 Å². The standard InChI is InChI=1S/C14H14N3O.Ir/c15-8-10-17-14(18)12-6-4-11(5-7-12)13-3-1-2-9-16-13;/h1-4,6-7,9H,8,10,15H2,(H,17,18);/q-1;. The fourth-order valence-electron chi connectivity index (χ4n) is 1.54. The fraction of sp³-hybridized carbons (Fsp3) is 0.143. The summed E-state index contributed by atoms with van der Waals surface area (Å²) in [5.74, 6) is -0.135. The number of carbonyl (C=O) groups excluding carboxylic acids is 1. The number of nitrogens with zero attached hydrogens (tertiary/aromatic N) is 1. The maximum Gasteiger partial charge on any atom is 0.209 e. The quantitative estimate of drug-likeness (QED) is 0.715. The molecular weight excluding hydrogens is 418 g/mol. The topological polar surface area (TPSA) is 68.0 Å². The first kappa shape index (κ1) is 15.5. The van der Waals surface area contributed by atoms with E-state index >= 15 is 0 Å². The monoisotopic (exact) mass is 433 g/mol. The Morgan fingerprint density at radius 3 is 2.74 bits per heavy atom. The van der Waals surface area contributed by atoms with E-state index in [4.69, 9.17) is 5.73 Å². The number of benzene rings is 1. The molecule has 1 heterocycles. The third-order valence-corrected chi connectivity index (χ3v) is 2.45. The van der Waals surface area contributed by atoms with E-state index in [0.29, 0.717) is 18.7 Å². The summed E-state index contributed by atoms with van der Waals surface area (Å²) in [5.41, 5.74) is 7.60. The van der Waals surface area contributed by atoms with Crippen molar-refractivity contribution in [1.29, 1.82) is 0 Å². The van der Waals surface area contributed by atoms with Crippen LogP contribution in [0.4, 0.5) is 0 Å². The number of amides is 1. The van der Waals surface area contributed by atoms with E-state index in [0.717, 1.165) is 11.3 Å². The maximum atomic E-state index is 11.6. The summed E-state index contributed by atoms with van der Waals surface area (Å²) < 4.78 is 0. The fourth-order valence-corrected chi connectivity index (χ4v) is 1.54. The molecule has 0 aliphatic rings. The Balaban J connectivity index is 0.00000180. The SMILES string of the molecule is NCCNC(=O)c1c[c-]c(-c2ccccn2)cc1.[Ir]. The molecule has 0 aliphatic heterocycles. The summed E-state index contributed by atoms with van der Waals surface area (Å²) in [6.07, 6.45) is 1.73. The Kier molecular flexibility index (Phi) is 6.36. The zero-order valence-corrected chi connectivity index (χ0v) is 12.6. The largest absolute Gasteiger partial charge is 0.359 e. The van der Waals surface area contributed by atoms with Crippen LogP contribution in [0.2, 0.25) is 0 Å². The zero-order chi connectivity index (χ0) is 12.8. The molecular formula is C14H14IrN3O-. The second-order valence-corrected chi connectivity index (χ2v) is 3.75. The normalized spacial score (nSPS) is 9.53. The molecule has 101 valence electrons. The molecule has 0 atom stereocenters. The van der Waals surface area contributed by atoms with E-state index in [9.17, 15) is 4.79 Å². The van der Waals surface area contributed by atoms with Crippen LogP contribution in [0.1, 0.15) is 10.4 Å². The molecule has 1 aromatic heterocycles. The molecule has 19 heavy (non-hydrogen) atoms. The van der Waals surface area contributed by atoms with Crippen LogP contribution in [-0.4, -0.2) is 24.0 Å². The second-order valence-electron chi connectivity index (χ2n) is 3.75. The van der Waals surface area contributed by atoms with Crippen molar-refractivity contribution in [1.82, 2.24) is 10.3 Å². The van der Waals surface area contributed by atoms with Gasteiger partial charge in [-0.15, -0.1) is 29.8 Å². The smallest absolute Gasteiger partial charge is 0.209 e. The molecule has 0 unspecified atom stereocenters. The molecule has 1 amide bonds. The van der Waals surface area contributed by atoms with Crippen molar-refractivity contribution in [3.05, 3.63) is 54.2 Å². The van der Waals surface area contributed by atoms with Gasteiger partial charge < -0.3 is 16.0 Å². The van der Waals surface area contributed by atoms with Gasteiger partial charge in [-0.3, -0.25) is 4.79 Å². The number of hydrogen-bond donors (Lipinski definition) is 2. The molecule has 0 aliphatic carbocycles. The molecule has 0 bridgehead atoms. The van der Waals surface area contributed by atoms with Gasteiger partial charge in [0.15, 0.2) is 0 Å². The van der Waals surface area contributed by atoms with Crippen molar-refractivity contribution < 1.29 is 24.9 Å². The molecule has 0 saturated heterocycles. The van der Waals surface area contributed by atoms with Crippen molar-refractivity contribution in [3.8, 4) is 11.3 Å². The van der Waals surface area contributed by atoms with Crippen molar-refractivity contribution in [2.45, 2.75) is 0 Å². The number of pyridine rings is 1. The van der Waals surface area contributed by atoms with E-state index in [1.54, 1.807) is 18.3 Å². The summed E-state index contributed by atoms with van der Waals surface area (Å²) >= 11 is 0. The van der Waals surface area contributed by atoms with Crippen molar-refractivity contribution in [2.75, 3.05) is 13.1 Å². The first-order chi connectivity index (χ1) is 8.81. The van der Waals surface area contributed by atoms with Gasteiger partial charge in [-0.05, 0) is 17.3 Å². The van der Waals surface area contributed by atoms with Gasteiger partial charge in [0.25, 0.3) is 0 Å². The number of nitrogens with two attached hydrogens (primary N) is 1. The predicted octanol–water partition coefficient (Wildman–Crippen LogP) is 1.23. The van der Waals surface area contributed by atoms with E-state index in [2.05, 4.69) is 16.4 Å². The third-order valence-electron chi connectivity index (χ3n) is 2.45. The van der Waals surface area contributed by atoms with Crippen molar-refractivity contribution >= 4 is 5.91 Å². The van der Waals surface area contributed by atoms with Gasteiger partial charge >= 0.3 is 0 Å². The number of carbonyl (C=O) groups is 1. The Morgan fingerprint density at radius 1 is 1.32 bits per heavy atom. The van der Waals surface area contributed by atoms with Gasteiger partial charge in [0.2, 0.25) is 5.91 Å². The van der Waals surface area contributed by atoms with E-state index < -0.39 is 0 Å². The predicted molar refractivity (Wildman–Crippen MR) is 69.9 cm³/mol. The van der Waals surface area contributed by atoms with Crippen molar-refractivity contribution in [3.63, 3.8) is 0 Å². The van der Waals surface area contributed by atoms with Crippen LogP contribution in [-0.2, 0) is 20.1 Å². The first-order valence-electron chi connectivity index (χ1n) is 5.72. The first-order valence-corrected chi connectivity index (χ1v) is 5.72. The summed E-state index contributed by atoms with van der Waals surface area (Å²) in [6.45, 7) is 0.905. The molecule has 2 aromatic rings. The minimum absolute atomic E-state index is 0. The minimum Gasteiger partial charge on any atom is -0.359 e. The summed E-state index contributed by atoms with van der Waals surface area (Å²) in [5, 5.41) is 2.71. The molecule has 1 aromatic carbocycles. The van der Waals surface area contributed by atoms with E-state index in [1.807, 2.05) is 24.3 Å². The Morgan fingerprint density at radius 2 is 2.16 bits per heavy atom. The molecule has 3 N–H and O–H groups in total. The van der Waals surface area contributed by atoms with E-state index in [-0.39, 0.29) is 26.0 Å². The Labute approximate surface area is 125 Å². The van der Waals surface area contributed by atoms with Crippen LogP contribution in [0.25, 0.3) is 11.3 Å². The number of hydrogen-bond acceptors (Lipinski definition) is 3. The Bertz CT molecular complexity index is 514. The third kappa shape index (κ3) is 4.24. The molecule has 4 nitrogen and oxygen atoms in total. The van der Waals surface area contributed by atoms with Gasteiger partial charge in [0.1, 0.15) is 0 Å². The number of rotatable bonds is 4. The molecule has 0 spiro atoms. The zero-order valence-electron chi connectivity index (χ0n) is 10.2. The van der Waals surface area contributed by atoms with Crippen LogP contribution in [0.3, 0.4) is 0 Å². The van der Waals surface area contributed by atoms with Gasteiger partial charge in [0, 0.05) is 39.4 Å². The summed E-state index contributed by atoms with van der Waals surface area (Å²) in [7, 11) is 0. The summed E-state index contributed by atoms with van der Waals surface area (Å²) in [4.78, 5) is 15.9. The average molecular weight is 433 g/mol. The average Bonchev–Trinajstić information content (AvgIpc) is 2.46. The minimum atomic E-state index is -0.135. The molecule has 1 radical (unpaired) electrons. The van der Waals surface area contributed by atoms with Gasteiger partial charge in [0.05, 0.1) is 0 Å². The van der Waals surface area contributed by atoms with Crippen LogP contribution in [0.5, 0.6) is 0 Å². The van der Waals surface area contributed by atoms with Gasteiger partial charge in [-0.2, -0.15) is 0 Å². The van der Waals surface area contributed by atoms with Crippen LogP contribution in [0, 0.1) is 6.07 Å². The van der Waals surface area contributed by atoms with Gasteiger partial charge in [-0.1, -0.05) is 12.1 Å². The van der Waals surface area contributed by atoms with Crippen LogP contribution >= 0.6 is 0 Å². The molecule has 2 rings (SSSR count). The number of aromatic nitrogens is 1. The molecule has 0 saturated carbocycles. The summed E-state index contributed by atoms with van der Waals surface area (Å²) in [6, 6.07) is 14.0. The number of nitrogens with one attached hydrogen (secondary N) is 1. The molecule has 5 heteroatoms. The van der Waals surface area contributed by atoms with Crippen LogP contribution in [0.15, 0.2) is 42.6 Å².